The van der Waals surface area contributed by atoms with Gasteiger partial charge in [0.1, 0.15) is 5.58 Å². The summed E-state index contributed by atoms with van der Waals surface area (Å²) in [6.07, 6.45) is 0. The number of amides is 1. The SMILES string of the molecule is Cc1c(C(=O)N=Nc2c(O)[nH]c3ccccc23)oc2ccccc12. The summed E-state index contributed by atoms with van der Waals surface area (Å²) in [5.41, 5.74) is 2.30. The molecule has 0 saturated carbocycles. The zero-order valence-corrected chi connectivity index (χ0v) is 12.8. The van der Waals surface area contributed by atoms with Crippen LogP contribution in [0.25, 0.3) is 21.9 Å². The Morgan fingerprint density at radius 3 is 2.58 bits per heavy atom. The van der Waals surface area contributed by atoms with Gasteiger partial charge in [-0.25, -0.2) is 0 Å². The lowest BCUT2D eigenvalue weighted by Crippen LogP contribution is -1.93. The van der Waals surface area contributed by atoms with Crippen molar-refractivity contribution in [3.05, 3.63) is 59.9 Å². The average molecular weight is 319 g/mol. The standard InChI is InChI=1S/C18H13N3O3/c1-10-11-6-3-5-9-14(11)24-16(10)18(23)21-20-15-12-7-2-4-8-13(12)19-17(15)22/h2-9,19,22H,1H3. The summed E-state index contributed by atoms with van der Waals surface area (Å²) in [5.74, 6) is -0.568. The zero-order chi connectivity index (χ0) is 16.7. The number of aromatic nitrogens is 1. The number of benzene rings is 2. The third kappa shape index (κ3) is 2.16. The van der Waals surface area contributed by atoms with Crippen molar-refractivity contribution in [2.24, 2.45) is 10.2 Å². The van der Waals surface area contributed by atoms with Crippen molar-refractivity contribution in [1.29, 1.82) is 0 Å². The number of hydrogen-bond acceptors (Lipinski definition) is 4. The number of aromatic amines is 1. The Bertz CT molecular complexity index is 1110. The minimum absolute atomic E-state index is 0.130. The lowest BCUT2D eigenvalue weighted by Gasteiger charge is -1.92. The first-order chi connectivity index (χ1) is 11.6. The first kappa shape index (κ1) is 14.2. The summed E-state index contributed by atoms with van der Waals surface area (Å²) in [4.78, 5) is 15.1. The van der Waals surface area contributed by atoms with Crippen LogP contribution in [0.2, 0.25) is 0 Å². The highest BCUT2D eigenvalue weighted by molar-refractivity contribution is 6.00. The highest BCUT2D eigenvalue weighted by Crippen LogP contribution is 2.35. The highest BCUT2D eigenvalue weighted by atomic mass is 16.3. The second-order valence-corrected chi connectivity index (χ2v) is 5.43. The van der Waals surface area contributed by atoms with Crippen molar-refractivity contribution < 1.29 is 14.3 Å². The van der Waals surface area contributed by atoms with Crippen LogP contribution in [0.3, 0.4) is 0 Å². The number of aryl methyl sites for hydroxylation is 1. The smallest absolute Gasteiger partial charge is 0.331 e. The Balaban J connectivity index is 1.73. The minimum atomic E-state index is -0.589. The van der Waals surface area contributed by atoms with E-state index in [4.69, 9.17) is 4.42 Å². The Morgan fingerprint density at radius 2 is 1.79 bits per heavy atom. The lowest BCUT2D eigenvalue weighted by molar-refractivity contribution is 0.0970. The molecular weight excluding hydrogens is 306 g/mol. The number of nitrogens with zero attached hydrogens (tertiary/aromatic N) is 2. The number of aromatic hydroxyl groups is 1. The number of azo groups is 1. The summed E-state index contributed by atoms with van der Waals surface area (Å²) in [5, 5.41) is 19.1. The number of nitrogens with one attached hydrogen (secondary N) is 1. The fourth-order valence-electron chi connectivity index (χ4n) is 2.73. The molecule has 6 heteroatoms. The van der Waals surface area contributed by atoms with Crippen molar-refractivity contribution in [2.45, 2.75) is 6.92 Å². The molecule has 0 bridgehead atoms. The van der Waals surface area contributed by atoms with Gasteiger partial charge in [0.2, 0.25) is 5.88 Å². The molecule has 4 aromatic rings. The van der Waals surface area contributed by atoms with E-state index in [1.807, 2.05) is 30.3 Å². The number of carbonyl (C=O) groups excluding carboxylic acids is 1. The van der Waals surface area contributed by atoms with Crippen LogP contribution in [0.1, 0.15) is 16.1 Å². The molecule has 0 aliphatic rings. The van der Waals surface area contributed by atoms with Crippen LogP contribution in [0, 0.1) is 6.92 Å². The number of H-pyrrole nitrogens is 1. The molecule has 4 rings (SSSR count). The third-order valence-electron chi connectivity index (χ3n) is 3.94. The second-order valence-electron chi connectivity index (χ2n) is 5.43. The molecule has 0 unspecified atom stereocenters. The van der Waals surface area contributed by atoms with Crippen LogP contribution in [0.5, 0.6) is 5.88 Å². The van der Waals surface area contributed by atoms with Gasteiger partial charge in [-0.05, 0) is 19.1 Å². The average Bonchev–Trinajstić information content (AvgIpc) is 3.10. The van der Waals surface area contributed by atoms with E-state index in [1.54, 1.807) is 25.1 Å². The van der Waals surface area contributed by atoms with Gasteiger partial charge in [0.05, 0.1) is 5.52 Å². The van der Waals surface area contributed by atoms with E-state index in [0.29, 0.717) is 11.0 Å². The van der Waals surface area contributed by atoms with Crippen molar-refractivity contribution in [3.8, 4) is 5.88 Å². The third-order valence-corrected chi connectivity index (χ3v) is 3.94. The van der Waals surface area contributed by atoms with Crippen LogP contribution < -0.4 is 0 Å². The van der Waals surface area contributed by atoms with Gasteiger partial charge in [-0.1, -0.05) is 36.4 Å². The number of hydrogen-bond donors (Lipinski definition) is 2. The van der Waals surface area contributed by atoms with Crippen molar-refractivity contribution in [2.75, 3.05) is 0 Å². The summed E-state index contributed by atoms with van der Waals surface area (Å²) < 4.78 is 5.57. The van der Waals surface area contributed by atoms with E-state index in [9.17, 15) is 9.90 Å². The van der Waals surface area contributed by atoms with E-state index in [2.05, 4.69) is 15.2 Å². The van der Waals surface area contributed by atoms with Gasteiger partial charge in [-0.15, -0.1) is 10.2 Å². The Kier molecular flexibility index (Phi) is 3.16. The van der Waals surface area contributed by atoms with E-state index >= 15 is 0 Å². The predicted octanol–water partition coefficient (Wildman–Crippen LogP) is 4.85. The van der Waals surface area contributed by atoms with Crippen LogP contribution in [-0.2, 0) is 0 Å². The highest BCUT2D eigenvalue weighted by Gasteiger charge is 2.18. The van der Waals surface area contributed by atoms with Crippen LogP contribution >= 0.6 is 0 Å². The number of rotatable bonds is 2. The molecule has 0 atom stereocenters. The number of furan rings is 1. The largest absolute Gasteiger partial charge is 0.493 e. The van der Waals surface area contributed by atoms with Gasteiger partial charge in [0.25, 0.3) is 0 Å². The molecular formula is C18H13N3O3. The number of para-hydroxylation sites is 2. The first-order valence-corrected chi connectivity index (χ1v) is 7.39. The molecule has 0 fully saturated rings. The maximum absolute atomic E-state index is 12.3. The van der Waals surface area contributed by atoms with E-state index in [-0.39, 0.29) is 17.3 Å². The summed E-state index contributed by atoms with van der Waals surface area (Å²) in [6, 6.07) is 14.6. The quantitative estimate of drug-likeness (QED) is 0.517. The molecule has 2 heterocycles. The molecule has 2 aromatic heterocycles. The second kappa shape index (κ2) is 5.34. The predicted molar refractivity (Wildman–Crippen MR) is 89.8 cm³/mol. The van der Waals surface area contributed by atoms with E-state index < -0.39 is 5.91 Å². The molecule has 6 nitrogen and oxygen atoms in total. The minimum Gasteiger partial charge on any atom is -0.493 e. The van der Waals surface area contributed by atoms with E-state index in [0.717, 1.165) is 16.5 Å². The zero-order valence-electron chi connectivity index (χ0n) is 12.8. The number of fused-ring (bicyclic) bond motifs is 2. The van der Waals surface area contributed by atoms with Crippen molar-refractivity contribution in [1.82, 2.24) is 4.98 Å². The summed E-state index contributed by atoms with van der Waals surface area (Å²) >= 11 is 0. The van der Waals surface area contributed by atoms with Crippen molar-refractivity contribution >= 4 is 33.5 Å². The molecule has 2 aromatic carbocycles. The Labute approximate surface area is 136 Å². The first-order valence-electron chi connectivity index (χ1n) is 7.39. The molecule has 0 spiro atoms. The number of carbonyl (C=O) groups is 1. The van der Waals surface area contributed by atoms with Gasteiger partial charge in [-0.3, -0.25) is 4.79 Å². The molecule has 0 saturated heterocycles. The molecule has 118 valence electrons. The topological polar surface area (TPSA) is 91.0 Å². The fraction of sp³-hybridized carbons (Fsp3) is 0.0556. The molecule has 1 amide bonds. The van der Waals surface area contributed by atoms with E-state index in [1.165, 1.54) is 0 Å². The molecule has 0 aliphatic carbocycles. The molecule has 24 heavy (non-hydrogen) atoms. The molecule has 2 N–H and O–H groups in total. The van der Waals surface area contributed by atoms with Gasteiger partial charge in [-0.2, -0.15) is 0 Å². The van der Waals surface area contributed by atoms with Gasteiger partial charge in [0, 0.05) is 16.3 Å². The van der Waals surface area contributed by atoms with Crippen LogP contribution in [0.4, 0.5) is 5.69 Å². The van der Waals surface area contributed by atoms with Gasteiger partial charge >= 0.3 is 5.91 Å². The van der Waals surface area contributed by atoms with Crippen LogP contribution in [0.15, 0.2) is 63.2 Å². The maximum atomic E-state index is 12.3. The summed E-state index contributed by atoms with van der Waals surface area (Å²) in [7, 11) is 0. The molecule has 0 radical (unpaired) electrons. The Morgan fingerprint density at radius 1 is 1.08 bits per heavy atom. The van der Waals surface area contributed by atoms with Gasteiger partial charge < -0.3 is 14.5 Å². The van der Waals surface area contributed by atoms with Gasteiger partial charge in [0.15, 0.2) is 11.4 Å². The van der Waals surface area contributed by atoms with Crippen molar-refractivity contribution in [3.63, 3.8) is 0 Å². The fourth-order valence-corrected chi connectivity index (χ4v) is 2.73. The van der Waals surface area contributed by atoms with Crippen LogP contribution in [-0.4, -0.2) is 16.0 Å². The normalized spacial score (nSPS) is 11.7. The monoisotopic (exact) mass is 319 g/mol. The lowest BCUT2D eigenvalue weighted by atomic mass is 10.1. The molecule has 0 aliphatic heterocycles. The maximum Gasteiger partial charge on any atom is 0.331 e. The summed E-state index contributed by atoms with van der Waals surface area (Å²) in [6.45, 7) is 1.80. The Hall–Kier alpha value is -3.41.